The van der Waals surface area contributed by atoms with Crippen molar-refractivity contribution in [2.75, 3.05) is 31.1 Å². The first-order chi connectivity index (χ1) is 12.1. The quantitative estimate of drug-likeness (QED) is 0.447. The maximum Gasteiger partial charge on any atom is 0.229 e. The molecule has 0 saturated carbocycles. The number of nitrogens with zero attached hydrogens (tertiary/aromatic N) is 2. The Morgan fingerprint density at radius 2 is 1.73 bits per heavy atom. The molecule has 0 unspecified atom stereocenters. The Bertz CT molecular complexity index is 679. The normalized spacial score (nSPS) is 12.7. The summed E-state index contributed by atoms with van der Waals surface area (Å²) in [5.74, 6) is 0.687. The summed E-state index contributed by atoms with van der Waals surface area (Å²) < 4.78 is 25.5. The van der Waals surface area contributed by atoms with Gasteiger partial charge in [0.25, 0.3) is 0 Å². The summed E-state index contributed by atoms with van der Waals surface area (Å²) in [6.45, 7) is 10.9. The van der Waals surface area contributed by atoms with Crippen molar-refractivity contribution < 1.29 is 8.42 Å². The van der Waals surface area contributed by atoms with E-state index < -0.39 is 10.0 Å². The first-order valence-corrected chi connectivity index (χ1v) is 10.8. The fraction of sp³-hybridized carbons (Fsp3) is 0.611. The molecule has 0 bridgehead atoms. The van der Waals surface area contributed by atoms with Crippen LogP contribution in [0.5, 0.6) is 0 Å². The third kappa shape index (κ3) is 8.05. The Kier molecular flexibility index (Phi) is 8.87. The van der Waals surface area contributed by atoms with Gasteiger partial charge in [-0.25, -0.2) is 8.42 Å². The molecule has 8 heteroatoms. The molecule has 0 spiro atoms. The second-order valence-electron chi connectivity index (χ2n) is 6.81. The SMILES string of the molecule is CN=C(NCCN(C(C)C)C(C)C)NCc1ccccc1NS(C)(=O)=O. The van der Waals surface area contributed by atoms with Crippen LogP contribution in [0.4, 0.5) is 5.69 Å². The van der Waals surface area contributed by atoms with E-state index >= 15 is 0 Å². The lowest BCUT2D eigenvalue weighted by Crippen LogP contribution is -2.45. The average molecular weight is 384 g/mol. The Balaban J connectivity index is 2.60. The molecule has 3 N–H and O–H groups in total. The lowest BCUT2D eigenvalue weighted by Gasteiger charge is -2.30. The maximum absolute atomic E-state index is 11.5. The number of benzene rings is 1. The number of hydrogen-bond donors (Lipinski definition) is 3. The maximum atomic E-state index is 11.5. The van der Waals surface area contributed by atoms with Crippen molar-refractivity contribution in [3.8, 4) is 0 Å². The zero-order chi connectivity index (χ0) is 19.7. The molecule has 0 saturated heterocycles. The van der Waals surface area contributed by atoms with E-state index in [2.05, 4.69) is 52.9 Å². The second kappa shape index (κ2) is 10.4. The van der Waals surface area contributed by atoms with Gasteiger partial charge in [0, 0.05) is 38.8 Å². The van der Waals surface area contributed by atoms with Gasteiger partial charge in [-0.15, -0.1) is 0 Å². The van der Waals surface area contributed by atoms with Crippen molar-refractivity contribution in [1.29, 1.82) is 0 Å². The molecule has 0 radical (unpaired) electrons. The molecule has 7 nitrogen and oxygen atoms in total. The highest BCUT2D eigenvalue weighted by molar-refractivity contribution is 7.92. The van der Waals surface area contributed by atoms with Crippen molar-refractivity contribution in [2.24, 2.45) is 4.99 Å². The molecule has 1 aromatic carbocycles. The third-order valence-corrected chi connectivity index (χ3v) is 4.56. The number of hydrogen-bond acceptors (Lipinski definition) is 4. The largest absolute Gasteiger partial charge is 0.355 e. The van der Waals surface area contributed by atoms with E-state index in [0.717, 1.165) is 24.9 Å². The first-order valence-electron chi connectivity index (χ1n) is 8.90. The van der Waals surface area contributed by atoms with E-state index in [9.17, 15) is 8.42 Å². The fourth-order valence-corrected chi connectivity index (χ4v) is 3.39. The minimum atomic E-state index is -3.31. The number of aliphatic imine (C=N–C) groups is 1. The second-order valence-corrected chi connectivity index (χ2v) is 8.56. The number of sulfonamides is 1. The minimum Gasteiger partial charge on any atom is -0.355 e. The standard InChI is InChI=1S/C18H33N5O2S/c1-14(2)23(15(3)4)12-11-20-18(19-5)21-13-16-9-7-8-10-17(16)22-26(6,24)25/h7-10,14-15,22H,11-13H2,1-6H3,(H2,19,20,21). The number of anilines is 1. The Hall–Kier alpha value is -1.80. The molecule has 1 rings (SSSR count). The van der Waals surface area contributed by atoms with Crippen LogP contribution in [0.1, 0.15) is 33.3 Å². The lowest BCUT2D eigenvalue weighted by molar-refractivity contribution is 0.178. The predicted molar refractivity (Wildman–Crippen MR) is 110 cm³/mol. The molecule has 0 aromatic heterocycles. The van der Waals surface area contributed by atoms with Gasteiger partial charge in [0.1, 0.15) is 0 Å². The Morgan fingerprint density at radius 3 is 2.27 bits per heavy atom. The summed E-state index contributed by atoms with van der Waals surface area (Å²) in [7, 11) is -1.59. The summed E-state index contributed by atoms with van der Waals surface area (Å²) in [5.41, 5.74) is 1.43. The molecular weight excluding hydrogens is 350 g/mol. The summed E-state index contributed by atoms with van der Waals surface area (Å²) in [6, 6.07) is 8.28. The van der Waals surface area contributed by atoms with Gasteiger partial charge in [-0.3, -0.25) is 14.6 Å². The van der Waals surface area contributed by atoms with Crippen LogP contribution in [-0.4, -0.2) is 57.8 Å². The predicted octanol–water partition coefficient (Wildman–Crippen LogP) is 1.84. The van der Waals surface area contributed by atoms with E-state index in [-0.39, 0.29) is 0 Å². The van der Waals surface area contributed by atoms with Crippen molar-refractivity contribution in [3.63, 3.8) is 0 Å². The summed E-state index contributed by atoms with van der Waals surface area (Å²) in [4.78, 5) is 6.64. The molecule has 0 amide bonds. The Morgan fingerprint density at radius 1 is 1.12 bits per heavy atom. The zero-order valence-corrected chi connectivity index (χ0v) is 17.5. The Labute approximate surface area is 158 Å². The molecule has 0 aliphatic carbocycles. The number of para-hydroxylation sites is 1. The summed E-state index contributed by atoms with van der Waals surface area (Å²) in [6.07, 6.45) is 1.15. The van der Waals surface area contributed by atoms with Crippen molar-refractivity contribution in [3.05, 3.63) is 29.8 Å². The zero-order valence-electron chi connectivity index (χ0n) is 16.7. The van der Waals surface area contributed by atoms with Crippen LogP contribution in [0.2, 0.25) is 0 Å². The topological polar surface area (TPSA) is 85.8 Å². The number of rotatable bonds is 9. The van der Waals surface area contributed by atoms with E-state index in [1.165, 1.54) is 0 Å². The fourth-order valence-electron chi connectivity index (χ4n) is 2.79. The van der Waals surface area contributed by atoms with E-state index in [0.29, 0.717) is 30.3 Å². The molecule has 0 aliphatic rings. The van der Waals surface area contributed by atoms with Crippen LogP contribution in [0.25, 0.3) is 0 Å². The van der Waals surface area contributed by atoms with Crippen LogP contribution in [0, 0.1) is 0 Å². The van der Waals surface area contributed by atoms with Gasteiger partial charge in [-0.1, -0.05) is 18.2 Å². The van der Waals surface area contributed by atoms with Crippen LogP contribution in [0.15, 0.2) is 29.3 Å². The highest BCUT2D eigenvalue weighted by atomic mass is 32.2. The number of nitrogens with one attached hydrogen (secondary N) is 3. The molecule has 0 aliphatic heterocycles. The van der Waals surface area contributed by atoms with Gasteiger partial charge < -0.3 is 10.6 Å². The van der Waals surface area contributed by atoms with Crippen LogP contribution in [0.3, 0.4) is 0 Å². The highest BCUT2D eigenvalue weighted by Gasteiger charge is 2.13. The smallest absolute Gasteiger partial charge is 0.229 e. The molecule has 148 valence electrons. The van der Waals surface area contributed by atoms with Crippen LogP contribution < -0.4 is 15.4 Å². The van der Waals surface area contributed by atoms with Crippen LogP contribution in [-0.2, 0) is 16.6 Å². The first kappa shape index (κ1) is 22.2. The van der Waals surface area contributed by atoms with E-state index in [1.807, 2.05) is 12.1 Å². The minimum absolute atomic E-state index is 0.469. The van der Waals surface area contributed by atoms with Crippen molar-refractivity contribution in [2.45, 2.75) is 46.3 Å². The monoisotopic (exact) mass is 383 g/mol. The molecular formula is C18H33N5O2S. The van der Waals surface area contributed by atoms with Crippen molar-refractivity contribution in [1.82, 2.24) is 15.5 Å². The summed E-state index contributed by atoms with van der Waals surface area (Å²) in [5, 5.41) is 6.54. The average Bonchev–Trinajstić information content (AvgIpc) is 2.53. The molecule has 0 heterocycles. The highest BCUT2D eigenvalue weighted by Crippen LogP contribution is 2.15. The van der Waals surface area contributed by atoms with Gasteiger partial charge >= 0.3 is 0 Å². The van der Waals surface area contributed by atoms with Crippen LogP contribution >= 0.6 is 0 Å². The van der Waals surface area contributed by atoms with E-state index in [1.54, 1.807) is 19.2 Å². The summed E-state index contributed by atoms with van der Waals surface area (Å²) >= 11 is 0. The molecule has 26 heavy (non-hydrogen) atoms. The van der Waals surface area contributed by atoms with E-state index in [4.69, 9.17) is 0 Å². The van der Waals surface area contributed by atoms with Gasteiger partial charge in [0.15, 0.2) is 5.96 Å². The number of guanidine groups is 1. The lowest BCUT2D eigenvalue weighted by atomic mass is 10.2. The molecule has 0 fully saturated rings. The molecule has 1 aromatic rings. The third-order valence-electron chi connectivity index (χ3n) is 3.97. The molecule has 0 atom stereocenters. The van der Waals surface area contributed by atoms with Gasteiger partial charge in [-0.2, -0.15) is 0 Å². The van der Waals surface area contributed by atoms with Gasteiger partial charge in [-0.05, 0) is 39.3 Å². The van der Waals surface area contributed by atoms with Crippen molar-refractivity contribution >= 4 is 21.7 Å². The van der Waals surface area contributed by atoms with Gasteiger partial charge in [0.2, 0.25) is 10.0 Å². The van der Waals surface area contributed by atoms with Gasteiger partial charge in [0.05, 0.1) is 11.9 Å².